The van der Waals surface area contributed by atoms with Crippen LogP contribution in [0.1, 0.15) is 51.9 Å². The van der Waals surface area contributed by atoms with E-state index in [0.29, 0.717) is 13.1 Å². The highest BCUT2D eigenvalue weighted by atomic mass is 16.3. The normalized spacial score (nSPS) is 24.4. The van der Waals surface area contributed by atoms with Gasteiger partial charge in [-0.25, -0.2) is 0 Å². The van der Waals surface area contributed by atoms with E-state index >= 15 is 0 Å². The van der Waals surface area contributed by atoms with Gasteiger partial charge in [0.1, 0.15) is 5.54 Å². The Hall–Kier alpha value is -1.12. The Bertz CT molecular complexity index is 390. The first kappa shape index (κ1) is 15.3. The summed E-state index contributed by atoms with van der Waals surface area (Å²) in [5, 5.41) is 22.3. The molecule has 0 atom stereocenters. The summed E-state index contributed by atoms with van der Waals surface area (Å²) >= 11 is 0. The van der Waals surface area contributed by atoms with Crippen molar-refractivity contribution in [3.05, 3.63) is 0 Å². The van der Waals surface area contributed by atoms with Gasteiger partial charge in [-0.05, 0) is 19.3 Å². The van der Waals surface area contributed by atoms with E-state index in [-0.39, 0.29) is 12.5 Å². The number of hydrogen-bond acceptors (Lipinski definition) is 4. The van der Waals surface area contributed by atoms with Gasteiger partial charge < -0.3 is 10.4 Å². The van der Waals surface area contributed by atoms with Gasteiger partial charge in [0, 0.05) is 13.1 Å². The number of β-amino-alcohol motifs (C(OH)–C–C–N with tert-alkyl or cyclic N) is 1. The van der Waals surface area contributed by atoms with Gasteiger partial charge in [-0.1, -0.05) is 32.6 Å². The number of nitrogens with zero attached hydrogens (tertiary/aromatic N) is 2. The van der Waals surface area contributed by atoms with Crippen LogP contribution in [0.4, 0.5) is 0 Å². The largest absolute Gasteiger partial charge is 0.387 e. The molecule has 1 heterocycles. The van der Waals surface area contributed by atoms with Crippen LogP contribution in [0.5, 0.6) is 0 Å². The highest BCUT2D eigenvalue weighted by Gasteiger charge is 2.41. The van der Waals surface area contributed by atoms with Crippen molar-refractivity contribution in [1.82, 2.24) is 10.2 Å². The lowest BCUT2D eigenvalue weighted by Gasteiger charge is -2.46. The van der Waals surface area contributed by atoms with Gasteiger partial charge in [0.15, 0.2) is 0 Å². The van der Waals surface area contributed by atoms with E-state index in [9.17, 15) is 15.2 Å². The molecule has 5 nitrogen and oxygen atoms in total. The lowest BCUT2D eigenvalue weighted by atomic mass is 9.83. The number of carbonyl (C=O) groups is 1. The Morgan fingerprint density at radius 3 is 2.55 bits per heavy atom. The van der Waals surface area contributed by atoms with Crippen LogP contribution < -0.4 is 5.32 Å². The lowest BCUT2D eigenvalue weighted by molar-refractivity contribution is -0.135. The summed E-state index contributed by atoms with van der Waals surface area (Å²) in [4.78, 5) is 14.0. The van der Waals surface area contributed by atoms with Crippen LogP contribution >= 0.6 is 0 Å². The Balaban J connectivity index is 1.78. The first-order chi connectivity index (χ1) is 9.51. The number of hydrogen-bond donors (Lipinski definition) is 2. The zero-order valence-electron chi connectivity index (χ0n) is 12.3. The molecule has 0 aromatic carbocycles. The fourth-order valence-corrected chi connectivity index (χ4v) is 3.45. The molecule has 1 aliphatic carbocycles. The van der Waals surface area contributed by atoms with E-state index < -0.39 is 11.1 Å². The van der Waals surface area contributed by atoms with E-state index in [1.54, 1.807) is 0 Å². The Kier molecular flexibility index (Phi) is 4.66. The van der Waals surface area contributed by atoms with Crippen molar-refractivity contribution >= 4 is 5.91 Å². The maximum Gasteiger partial charge on any atom is 0.235 e. The predicted molar refractivity (Wildman–Crippen MR) is 75.9 cm³/mol. The number of rotatable bonds is 5. The summed E-state index contributed by atoms with van der Waals surface area (Å²) in [7, 11) is 0. The SMILES string of the molecule is CCCC1(O)CN(CC(=O)NC2(C#N)CCCCC2)C1. The molecule has 0 bridgehead atoms. The van der Waals surface area contributed by atoms with Crippen LogP contribution in [0.25, 0.3) is 0 Å². The van der Waals surface area contributed by atoms with Gasteiger partial charge in [0.25, 0.3) is 0 Å². The molecular formula is C15H25N3O2. The molecule has 2 fully saturated rings. The summed E-state index contributed by atoms with van der Waals surface area (Å²) in [6.07, 6.45) is 6.42. The lowest BCUT2D eigenvalue weighted by Crippen LogP contribution is -2.64. The van der Waals surface area contributed by atoms with Crippen molar-refractivity contribution in [3.8, 4) is 6.07 Å². The van der Waals surface area contributed by atoms with Crippen molar-refractivity contribution in [2.75, 3.05) is 19.6 Å². The van der Waals surface area contributed by atoms with Crippen LogP contribution in [-0.4, -0.2) is 46.7 Å². The van der Waals surface area contributed by atoms with Gasteiger partial charge >= 0.3 is 0 Å². The fraction of sp³-hybridized carbons (Fsp3) is 0.867. The molecule has 2 rings (SSSR count). The standard InChI is InChI=1S/C15H25N3O2/c1-2-6-15(20)11-18(12-15)9-13(19)17-14(10-16)7-4-3-5-8-14/h20H,2-9,11-12H2,1H3,(H,17,19). The molecule has 0 spiro atoms. The second-order valence-corrected chi connectivity index (χ2v) is 6.42. The van der Waals surface area contributed by atoms with E-state index in [0.717, 1.165) is 44.9 Å². The van der Waals surface area contributed by atoms with Crippen LogP contribution in [0.3, 0.4) is 0 Å². The summed E-state index contributed by atoms with van der Waals surface area (Å²) in [5.41, 5.74) is -1.26. The quantitative estimate of drug-likeness (QED) is 0.792. The second-order valence-electron chi connectivity index (χ2n) is 6.42. The molecule has 0 radical (unpaired) electrons. The van der Waals surface area contributed by atoms with Crippen LogP contribution in [-0.2, 0) is 4.79 Å². The summed E-state index contributed by atoms with van der Waals surface area (Å²) in [6, 6.07) is 2.29. The third-order valence-corrected chi connectivity index (χ3v) is 4.42. The monoisotopic (exact) mass is 279 g/mol. The molecule has 20 heavy (non-hydrogen) atoms. The molecule has 1 saturated carbocycles. The van der Waals surface area contributed by atoms with Gasteiger partial charge in [-0.15, -0.1) is 0 Å². The van der Waals surface area contributed by atoms with Crippen molar-refractivity contribution in [3.63, 3.8) is 0 Å². The smallest absolute Gasteiger partial charge is 0.235 e. The van der Waals surface area contributed by atoms with E-state index in [1.165, 1.54) is 0 Å². The fourth-order valence-electron chi connectivity index (χ4n) is 3.45. The Labute approximate surface area is 120 Å². The van der Waals surface area contributed by atoms with Crippen molar-refractivity contribution in [2.24, 2.45) is 0 Å². The van der Waals surface area contributed by atoms with Crippen molar-refractivity contribution in [2.45, 2.75) is 63.0 Å². The molecule has 1 aliphatic heterocycles. The average molecular weight is 279 g/mol. The molecule has 112 valence electrons. The average Bonchev–Trinajstić information content (AvgIpc) is 2.38. The third-order valence-electron chi connectivity index (χ3n) is 4.42. The number of nitrogens with one attached hydrogen (secondary N) is 1. The summed E-state index contributed by atoms with van der Waals surface area (Å²) in [6.45, 7) is 3.46. The number of amides is 1. The number of aliphatic hydroxyl groups is 1. The van der Waals surface area contributed by atoms with Crippen LogP contribution in [0.2, 0.25) is 0 Å². The minimum absolute atomic E-state index is 0.0907. The van der Waals surface area contributed by atoms with E-state index in [2.05, 4.69) is 11.4 Å². The molecule has 0 unspecified atom stereocenters. The number of carbonyl (C=O) groups excluding carboxylic acids is 1. The van der Waals surface area contributed by atoms with Crippen LogP contribution in [0, 0.1) is 11.3 Å². The topological polar surface area (TPSA) is 76.4 Å². The highest BCUT2D eigenvalue weighted by Crippen LogP contribution is 2.28. The second kappa shape index (κ2) is 6.11. The minimum atomic E-state index is -0.653. The first-order valence-corrected chi connectivity index (χ1v) is 7.68. The summed E-state index contributed by atoms with van der Waals surface area (Å²) in [5.74, 6) is -0.0907. The molecule has 0 aromatic heterocycles. The summed E-state index contributed by atoms with van der Waals surface area (Å²) < 4.78 is 0. The first-order valence-electron chi connectivity index (χ1n) is 7.68. The Morgan fingerprint density at radius 2 is 2.00 bits per heavy atom. The molecule has 1 saturated heterocycles. The van der Waals surface area contributed by atoms with Gasteiger partial charge in [0.05, 0.1) is 18.2 Å². The van der Waals surface area contributed by atoms with Crippen molar-refractivity contribution < 1.29 is 9.90 Å². The highest BCUT2D eigenvalue weighted by molar-refractivity contribution is 5.79. The van der Waals surface area contributed by atoms with Gasteiger partial charge in [0.2, 0.25) is 5.91 Å². The molecule has 1 amide bonds. The zero-order valence-corrected chi connectivity index (χ0v) is 12.3. The predicted octanol–water partition coefficient (Wildman–Crippen LogP) is 1.18. The van der Waals surface area contributed by atoms with Gasteiger partial charge in [-0.2, -0.15) is 5.26 Å². The van der Waals surface area contributed by atoms with E-state index in [4.69, 9.17) is 0 Å². The third kappa shape index (κ3) is 3.50. The maximum absolute atomic E-state index is 12.1. The number of nitriles is 1. The molecule has 2 N–H and O–H groups in total. The Morgan fingerprint density at radius 1 is 1.35 bits per heavy atom. The molecule has 2 aliphatic rings. The minimum Gasteiger partial charge on any atom is -0.387 e. The van der Waals surface area contributed by atoms with Crippen LogP contribution in [0.15, 0.2) is 0 Å². The van der Waals surface area contributed by atoms with Gasteiger partial charge in [-0.3, -0.25) is 9.69 Å². The van der Waals surface area contributed by atoms with E-state index in [1.807, 2.05) is 11.8 Å². The molecular weight excluding hydrogens is 254 g/mol. The van der Waals surface area contributed by atoms with Crippen molar-refractivity contribution in [1.29, 1.82) is 5.26 Å². The maximum atomic E-state index is 12.1. The molecule has 5 heteroatoms. The zero-order chi connectivity index (χ0) is 14.6. The number of likely N-dealkylation sites (tertiary alicyclic amines) is 1. The molecule has 0 aromatic rings.